The number of ether oxygens (including phenoxy) is 1. The van der Waals surface area contributed by atoms with Gasteiger partial charge in [0.25, 0.3) is 0 Å². The Morgan fingerprint density at radius 1 is 0.939 bits per heavy atom. The van der Waals surface area contributed by atoms with Crippen molar-refractivity contribution >= 4 is 31.5 Å². The minimum Gasteiger partial charge on any atom is -0.379 e. The van der Waals surface area contributed by atoms with Gasteiger partial charge >= 0.3 is 0 Å². The highest BCUT2D eigenvalue weighted by atomic mass is 32.1. The van der Waals surface area contributed by atoms with Gasteiger partial charge in [0.15, 0.2) is 0 Å². The van der Waals surface area contributed by atoms with Gasteiger partial charge in [0.05, 0.1) is 25.5 Å². The van der Waals surface area contributed by atoms with Gasteiger partial charge in [0.2, 0.25) is 0 Å². The molecule has 3 heterocycles. The fourth-order valence-electron chi connectivity index (χ4n) is 4.61. The molecular formula is C27H26N4OS. The summed E-state index contributed by atoms with van der Waals surface area (Å²) in [6.07, 6.45) is 2.09. The van der Waals surface area contributed by atoms with Crippen molar-refractivity contribution in [2.45, 2.75) is 13.0 Å². The van der Waals surface area contributed by atoms with Gasteiger partial charge in [-0.25, -0.2) is 4.68 Å². The molecule has 2 aromatic heterocycles. The van der Waals surface area contributed by atoms with Crippen molar-refractivity contribution in [3.8, 4) is 11.3 Å². The second kappa shape index (κ2) is 8.71. The normalized spacial score (nSPS) is 15.9. The summed E-state index contributed by atoms with van der Waals surface area (Å²) >= 11 is 1.85. The van der Waals surface area contributed by atoms with E-state index in [1.54, 1.807) is 0 Å². The topological polar surface area (TPSA) is 43.2 Å². The van der Waals surface area contributed by atoms with Crippen molar-refractivity contribution in [2.75, 3.05) is 32.8 Å². The van der Waals surface area contributed by atoms with Crippen LogP contribution in [0.3, 0.4) is 0 Å². The van der Waals surface area contributed by atoms with E-state index in [1.165, 1.54) is 31.3 Å². The number of morpholine rings is 1. The zero-order valence-electron chi connectivity index (χ0n) is 18.6. The van der Waals surface area contributed by atoms with Crippen molar-refractivity contribution in [1.82, 2.24) is 19.9 Å². The molecule has 0 spiro atoms. The predicted octanol–water partition coefficient (Wildman–Crippen LogP) is 5.54. The maximum Gasteiger partial charge on any atom is 0.113 e. The van der Waals surface area contributed by atoms with Gasteiger partial charge in [-0.1, -0.05) is 59.3 Å². The molecular weight excluding hydrogens is 428 g/mol. The number of aryl methyl sites for hydroxylation is 1. The van der Waals surface area contributed by atoms with Crippen molar-refractivity contribution < 1.29 is 4.74 Å². The lowest BCUT2D eigenvalue weighted by Crippen LogP contribution is -2.40. The maximum absolute atomic E-state index is 5.58. The van der Waals surface area contributed by atoms with Crippen LogP contribution in [-0.2, 0) is 4.74 Å². The number of benzene rings is 3. The second-order valence-corrected chi connectivity index (χ2v) is 9.82. The van der Waals surface area contributed by atoms with Crippen LogP contribution in [0.25, 0.3) is 31.4 Å². The average Bonchev–Trinajstić information content (AvgIpc) is 3.48. The van der Waals surface area contributed by atoms with Gasteiger partial charge in [-0.3, -0.25) is 4.90 Å². The Hall–Kier alpha value is -3.06. The molecule has 6 heteroatoms. The van der Waals surface area contributed by atoms with E-state index in [0.717, 1.165) is 44.1 Å². The Morgan fingerprint density at radius 3 is 2.58 bits per heavy atom. The summed E-state index contributed by atoms with van der Waals surface area (Å²) in [5.41, 5.74) is 4.51. The summed E-state index contributed by atoms with van der Waals surface area (Å²) in [6.45, 7) is 6.44. The molecule has 1 aliphatic rings. The molecule has 1 saturated heterocycles. The standard InChI is InChI=1S/C27H26N4OS/c1-19-6-8-20(9-7-19)24-17-31(29-28-24)25(18-30-12-14-32-15-13-30)21-10-11-27-23(16-21)22-4-2-3-5-26(22)33-27/h2-11,16-17,25H,12-15,18H2,1H3. The Kier molecular flexibility index (Phi) is 5.42. The van der Waals surface area contributed by atoms with Crippen LogP contribution in [0.2, 0.25) is 0 Å². The van der Waals surface area contributed by atoms with Crippen LogP contribution >= 0.6 is 11.3 Å². The fraction of sp³-hybridized carbons (Fsp3) is 0.259. The third-order valence-electron chi connectivity index (χ3n) is 6.50. The highest BCUT2D eigenvalue weighted by Gasteiger charge is 2.22. The van der Waals surface area contributed by atoms with Gasteiger partial charge in [0.1, 0.15) is 5.69 Å². The van der Waals surface area contributed by atoms with E-state index in [2.05, 4.69) is 95.1 Å². The summed E-state index contributed by atoms with van der Waals surface area (Å²) in [5.74, 6) is 0. The number of aromatic nitrogens is 3. The molecule has 3 aromatic carbocycles. The largest absolute Gasteiger partial charge is 0.379 e. The summed E-state index contributed by atoms with van der Waals surface area (Å²) in [4.78, 5) is 2.47. The van der Waals surface area contributed by atoms with Crippen molar-refractivity contribution in [3.05, 3.63) is 84.1 Å². The minimum atomic E-state index is 0.0814. The number of fused-ring (bicyclic) bond motifs is 3. The Labute approximate surface area is 197 Å². The van der Waals surface area contributed by atoms with Gasteiger partial charge < -0.3 is 4.74 Å². The summed E-state index contributed by atoms with van der Waals surface area (Å²) < 4.78 is 10.3. The summed E-state index contributed by atoms with van der Waals surface area (Å²) in [5, 5.41) is 11.8. The van der Waals surface area contributed by atoms with E-state index in [9.17, 15) is 0 Å². The first kappa shape index (κ1) is 20.5. The number of hydrogen-bond donors (Lipinski definition) is 0. The molecule has 1 atom stereocenters. The second-order valence-electron chi connectivity index (χ2n) is 8.73. The molecule has 5 aromatic rings. The number of hydrogen-bond acceptors (Lipinski definition) is 5. The smallest absolute Gasteiger partial charge is 0.113 e. The lowest BCUT2D eigenvalue weighted by atomic mass is 10.0. The number of thiophene rings is 1. The molecule has 0 amide bonds. The lowest BCUT2D eigenvalue weighted by Gasteiger charge is -2.30. The predicted molar refractivity (Wildman–Crippen MR) is 135 cm³/mol. The molecule has 0 saturated carbocycles. The van der Waals surface area contributed by atoms with E-state index in [0.29, 0.717) is 0 Å². The average molecular weight is 455 g/mol. The summed E-state index contributed by atoms with van der Waals surface area (Å²) in [7, 11) is 0. The fourth-order valence-corrected chi connectivity index (χ4v) is 5.69. The molecule has 0 bridgehead atoms. The molecule has 0 radical (unpaired) electrons. The van der Waals surface area contributed by atoms with Crippen LogP contribution in [-0.4, -0.2) is 52.7 Å². The number of nitrogens with zero attached hydrogens (tertiary/aromatic N) is 4. The van der Waals surface area contributed by atoms with Crippen molar-refractivity contribution in [1.29, 1.82) is 0 Å². The van der Waals surface area contributed by atoms with E-state index in [4.69, 9.17) is 4.74 Å². The quantitative estimate of drug-likeness (QED) is 0.350. The monoisotopic (exact) mass is 454 g/mol. The molecule has 0 N–H and O–H groups in total. The van der Waals surface area contributed by atoms with Gasteiger partial charge in [-0.2, -0.15) is 0 Å². The van der Waals surface area contributed by atoms with Crippen LogP contribution in [0.1, 0.15) is 17.2 Å². The Bertz CT molecular complexity index is 1400. The van der Waals surface area contributed by atoms with Gasteiger partial charge in [0, 0.05) is 45.4 Å². The molecule has 166 valence electrons. The molecule has 6 rings (SSSR count). The lowest BCUT2D eigenvalue weighted by molar-refractivity contribution is 0.0330. The SMILES string of the molecule is Cc1ccc(-c2cn(C(CN3CCOCC3)c3ccc4sc5ccccc5c4c3)nn2)cc1. The van der Waals surface area contributed by atoms with Gasteiger partial charge in [-0.05, 0) is 30.7 Å². The first-order valence-electron chi connectivity index (χ1n) is 11.4. The van der Waals surface area contributed by atoms with Crippen LogP contribution in [0, 0.1) is 6.92 Å². The van der Waals surface area contributed by atoms with E-state index < -0.39 is 0 Å². The zero-order chi connectivity index (χ0) is 22.2. The zero-order valence-corrected chi connectivity index (χ0v) is 19.5. The van der Waals surface area contributed by atoms with Crippen LogP contribution in [0.5, 0.6) is 0 Å². The number of rotatable bonds is 5. The molecule has 5 nitrogen and oxygen atoms in total. The van der Waals surface area contributed by atoms with E-state index in [-0.39, 0.29) is 6.04 Å². The molecule has 1 unspecified atom stereocenters. The molecule has 1 fully saturated rings. The van der Waals surface area contributed by atoms with E-state index in [1.807, 2.05) is 16.0 Å². The molecule has 0 aliphatic carbocycles. The third-order valence-corrected chi connectivity index (χ3v) is 7.65. The highest BCUT2D eigenvalue weighted by Crippen LogP contribution is 2.36. The first-order valence-corrected chi connectivity index (χ1v) is 12.3. The highest BCUT2D eigenvalue weighted by molar-refractivity contribution is 7.25. The summed E-state index contributed by atoms with van der Waals surface area (Å²) in [6, 6.07) is 24.1. The third kappa shape index (κ3) is 4.06. The van der Waals surface area contributed by atoms with Gasteiger partial charge in [-0.15, -0.1) is 16.4 Å². The molecule has 33 heavy (non-hydrogen) atoms. The minimum absolute atomic E-state index is 0.0814. The van der Waals surface area contributed by atoms with Crippen LogP contribution in [0.4, 0.5) is 0 Å². The first-order chi connectivity index (χ1) is 16.2. The Balaban J connectivity index is 1.41. The maximum atomic E-state index is 5.58. The van der Waals surface area contributed by atoms with Crippen molar-refractivity contribution in [3.63, 3.8) is 0 Å². The van der Waals surface area contributed by atoms with E-state index >= 15 is 0 Å². The molecule has 1 aliphatic heterocycles. The van der Waals surface area contributed by atoms with Crippen LogP contribution in [0.15, 0.2) is 72.9 Å². The Morgan fingerprint density at radius 2 is 1.73 bits per heavy atom. The van der Waals surface area contributed by atoms with Crippen molar-refractivity contribution in [2.24, 2.45) is 0 Å². The van der Waals surface area contributed by atoms with Crippen LogP contribution < -0.4 is 0 Å².